The van der Waals surface area contributed by atoms with Crippen molar-refractivity contribution >= 4 is 11.7 Å². The van der Waals surface area contributed by atoms with E-state index in [-0.39, 0.29) is 5.97 Å². The van der Waals surface area contributed by atoms with Crippen LogP contribution >= 0.6 is 0 Å². The maximum absolute atomic E-state index is 11.5. The highest BCUT2D eigenvalue weighted by Crippen LogP contribution is 2.35. The predicted molar refractivity (Wildman–Crippen MR) is 75.6 cm³/mol. The Morgan fingerprint density at radius 1 is 1.50 bits per heavy atom. The summed E-state index contributed by atoms with van der Waals surface area (Å²) in [4.78, 5) is 15.7. The number of hydrogen-bond acceptors (Lipinski definition) is 4. The minimum Gasteiger partial charge on any atom is -0.465 e. The Balaban J connectivity index is 1.68. The van der Waals surface area contributed by atoms with Gasteiger partial charge in [0.1, 0.15) is 0 Å². The lowest BCUT2D eigenvalue weighted by Gasteiger charge is -2.10. The van der Waals surface area contributed by atoms with Gasteiger partial charge in [0.05, 0.1) is 31.2 Å². The summed E-state index contributed by atoms with van der Waals surface area (Å²) in [6.07, 6.45) is 6.25. The van der Waals surface area contributed by atoms with Crippen molar-refractivity contribution in [2.24, 2.45) is 0 Å². The normalized spacial score (nSPS) is 14.1. The molecule has 5 nitrogen and oxygen atoms in total. The molecule has 0 radical (unpaired) electrons. The molecule has 0 bridgehead atoms. The summed E-state index contributed by atoms with van der Waals surface area (Å²) >= 11 is 0. The molecule has 20 heavy (non-hydrogen) atoms. The van der Waals surface area contributed by atoms with Crippen LogP contribution in [0.3, 0.4) is 0 Å². The Morgan fingerprint density at radius 3 is 3.10 bits per heavy atom. The quantitative estimate of drug-likeness (QED) is 0.849. The lowest BCUT2D eigenvalue weighted by molar-refractivity contribution is 0.0601. The second-order valence-electron chi connectivity index (χ2n) is 4.95. The number of nitrogens with zero attached hydrogens (tertiary/aromatic N) is 2. The smallest absolute Gasteiger partial charge is 0.337 e. The molecule has 0 atom stereocenters. The zero-order valence-corrected chi connectivity index (χ0v) is 11.4. The van der Waals surface area contributed by atoms with Crippen LogP contribution in [0.5, 0.6) is 0 Å². The van der Waals surface area contributed by atoms with Gasteiger partial charge in [0.15, 0.2) is 0 Å². The van der Waals surface area contributed by atoms with E-state index in [9.17, 15) is 4.79 Å². The van der Waals surface area contributed by atoms with Gasteiger partial charge in [-0.25, -0.2) is 9.78 Å². The molecule has 0 saturated heterocycles. The van der Waals surface area contributed by atoms with Gasteiger partial charge in [-0.1, -0.05) is 6.07 Å². The number of esters is 1. The first-order chi connectivity index (χ1) is 9.78. The molecule has 1 fully saturated rings. The summed E-state index contributed by atoms with van der Waals surface area (Å²) in [5, 5.41) is 3.32. The minimum absolute atomic E-state index is 0.323. The van der Waals surface area contributed by atoms with Crippen LogP contribution in [0.4, 0.5) is 5.69 Å². The topological polar surface area (TPSA) is 56.1 Å². The number of carbonyl (C=O) groups excluding carboxylic acids is 1. The fraction of sp³-hybridized carbons (Fsp3) is 0.333. The summed E-state index contributed by atoms with van der Waals surface area (Å²) in [6.45, 7) is 0.696. The zero-order valence-electron chi connectivity index (χ0n) is 11.4. The van der Waals surface area contributed by atoms with Crippen LogP contribution in [0.2, 0.25) is 0 Å². The van der Waals surface area contributed by atoms with Gasteiger partial charge < -0.3 is 14.6 Å². The molecular formula is C15H17N3O2. The summed E-state index contributed by atoms with van der Waals surface area (Å²) in [5.74, 6) is -0.323. The van der Waals surface area contributed by atoms with Gasteiger partial charge in [-0.15, -0.1) is 0 Å². The van der Waals surface area contributed by atoms with Crippen molar-refractivity contribution in [3.05, 3.63) is 48.0 Å². The van der Waals surface area contributed by atoms with Gasteiger partial charge in [0, 0.05) is 17.9 Å². The van der Waals surface area contributed by atoms with E-state index in [0.717, 1.165) is 11.4 Å². The number of nitrogens with one attached hydrogen (secondary N) is 1. The molecule has 1 saturated carbocycles. The molecule has 0 spiro atoms. The number of carbonyl (C=O) groups is 1. The number of anilines is 1. The molecule has 5 heteroatoms. The molecule has 1 aromatic carbocycles. The van der Waals surface area contributed by atoms with Gasteiger partial charge in [-0.3, -0.25) is 0 Å². The number of benzene rings is 1. The third kappa shape index (κ3) is 2.66. The third-order valence-corrected chi connectivity index (χ3v) is 3.44. The molecule has 1 aromatic heterocycles. The summed E-state index contributed by atoms with van der Waals surface area (Å²) < 4.78 is 6.94. The minimum atomic E-state index is -0.323. The van der Waals surface area contributed by atoms with E-state index >= 15 is 0 Å². The van der Waals surface area contributed by atoms with E-state index in [1.165, 1.54) is 20.0 Å². The van der Waals surface area contributed by atoms with Crippen LogP contribution in [-0.4, -0.2) is 22.6 Å². The fourth-order valence-electron chi connectivity index (χ4n) is 2.22. The van der Waals surface area contributed by atoms with Crippen LogP contribution in [0.1, 0.15) is 34.9 Å². The molecule has 3 rings (SSSR count). The van der Waals surface area contributed by atoms with Crippen molar-refractivity contribution in [2.45, 2.75) is 25.4 Å². The number of rotatable bonds is 5. The molecule has 104 valence electrons. The molecule has 2 aromatic rings. The van der Waals surface area contributed by atoms with Gasteiger partial charge in [0.2, 0.25) is 0 Å². The maximum Gasteiger partial charge on any atom is 0.337 e. The first-order valence-corrected chi connectivity index (χ1v) is 6.71. The average molecular weight is 271 g/mol. The van der Waals surface area contributed by atoms with E-state index in [1.807, 2.05) is 24.7 Å². The molecule has 1 heterocycles. The predicted octanol–water partition coefficient (Wildman–Crippen LogP) is 2.62. The molecule has 1 N–H and O–H groups in total. The zero-order chi connectivity index (χ0) is 13.9. The number of aromatic nitrogens is 2. The number of methoxy groups -OCH3 is 1. The summed E-state index contributed by atoms with van der Waals surface area (Å²) in [6, 6.07) is 7.93. The highest BCUT2D eigenvalue weighted by molar-refractivity contribution is 5.90. The number of ether oxygens (including phenoxy) is 1. The van der Waals surface area contributed by atoms with Crippen molar-refractivity contribution in [3.63, 3.8) is 0 Å². The van der Waals surface area contributed by atoms with Crippen LogP contribution in [0.15, 0.2) is 36.8 Å². The fourth-order valence-corrected chi connectivity index (χ4v) is 2.22. The van der Waals surface area contributed by atoms with E-state index in [4.69, 9.17) is 4.74 Å². The lowest BCUT2D eigenvalue weighted by atomic mass is 10.2. The van der Waals surface area contributed by atoms with Crippen molar-refractivity contribution in [3.8, 4) is 0 Å². The molecular weight excluding hydrogens is 254 g/mol. The van der Waals surface area contributed by atoms with E-state index in [2.05, 4.69) is 14.9 Å². The highest BCUT2D eigenvalue weighted by atomic mass is 16.5. The Bertz CT molecular complexity index is 617. The first kappa shape index (κ1) is 12.7. The van der Waals surface area contributed by atoms with Crippen LogP contribution in [-0.2, 0) is 11.3 Å². The van der Waals surface area contributed by atoms with Gasteiger partial charge in [-0.05, 0) is 31.0 Å². The largest absolute Gasteiger partial charge is 0.465 e. The molecule has 1 aliphatic rings. The van der Waals surface area contributed by atoms with Crippen molar-refractivity contribution in [1.82, 2.24) is 9.55 Å². The Hall–Kier alpha value is -2.30. The van der Waals surface area contributed by atoms with Crippen LogP contribution < -0.4 is 5.32 Å². The summed E-state index contributed by atoms with van der Waals surface area (Å²) in [5.41, 5.74) is 2.61. The van der Waals surface area contributed by atoms with E-state index < -0.39 is 0 Å². The third-order valence-electron chi connectivity index (χ3n) is 3.44. The monoisotopic (exact) mass is 271 g/mol. The first-order valence-electron chi connectivity index (χ1n) is 6.71. The molecule has 1 aliphatic carbocycles. The van der Waals surface area contributed by atoms with Gasteiger partial charge >= 0.3 is 5.97 Å². The van der Waals surface area contributed by atoms with E-state index in [1.54, 1.807) is 12.1 Å². The maximum atomic E-state index is 11.5. The average Bonchev–Trinajstić information content (AvgIpc) is 3.23. The van der Waals surface area contributed by atoms with Gasteiger partial charge in [0.25, 0.3) is 0 Å². The van der Waals surface area contributed by atoms with Crippen molar-refractivity contribution in [1.29, 1.82) is 0 Å². The number of imidazole rings is 1. The van der Waals surface area contributed by atoms with Crippen molar-refractivity contribution < 1.29 is 9.53 Å². The Morgan fingerprint density at radius 2 is 2.35 bits per heavy atom. The highest BCUT2D eigenvalue weighted by Gasteiger charge is 2.24. The van der Waals surface area contributed by atoms with Crippen LogP contribution in [0.25, 0.3) is 0 Å². The Kier molecular flexibility index (Phi) is 3.41. The lowest BCUT2D eigenvalue weighted by Crippen LogP contribution is -2.07. The Labute approximate surface area is 117 Å². The van der Waals surface area contributed by atoms with Gasteiger partial charge in [-0.2, -0.15) is 0 Å². The molecule has 0 amide bonds. The van der Waals surface area contributed by atoms with E-state index in [0.29, 0.717) is 18.2 Å². The summed E-state index contributed by atoms with van der Waals surface area (Å²) in [7, 11) is 1.39. The number of hydrogen-bond donors (Lipinski definition) is 1. The second kappa shape index (κ2) is 5.36. The van der Waals surface area contributed by atoms with Crippen molar-refractivity contribution in [2.75, 3.05) is 12.4 Å². The second-order valence-corrected chi connectivity index (χ2v) is 4.95. The molecule has 0 aliphatic heterocycles. The standard InChI is InChI=1S/C15H17N3O2/c1-20-15(19)11-3-2-4-12(7-11)17-9-14-8-16-10-18(14)13-5-6-13/h2-4,7-8,10,13,17H,5-6,9H2,1H3. The van der Waals surface area contributed by atoms with Crippen LogP contribution in [0, 0.1) is 0 Å². The SMILES string of the molecule is COC(=O)c1cccc(NCc2cncn2C2CC2)c1. The molecule has 0 unspecified atom stereocenters.